The summed E-state index contributed by atoms with van der Waals surface area (Å²) in [7, 11) is 0. The molecule has 0 radical (unpaired) electrons. The van der Waals surface area contributed by atoms with E-state index in [2.05, 4.69) is 0 Å². The maximum absolute atomic E-state index is 9.86. The summed E-state index contributed by atoms with van der Waals surface area (Å²) in [5.74, 6) is 0.496. The molecule has 1 heterocycles. The first kappa shape index (κ1) is 16.2. The second-order valence-electron chi connectivity index (χ2n) is 5.40. The van der Waals surface area contributed by atoms with Gasteiger partial charge in [0.2, 0.25) is 6.29 Å². The van der Waals surface area contributed by atoms with Crippen molar-refractivity contribution in [1.82, 2.24) is 0 Å². The second kappa shape index (κ2) is 6.86. The summed E-state index contributed by atoms with van der Waals surface area (Å²) in [6, 6.07) is 14.7. The molecular weight excluding hydrogens is 320 g/mol. The first-order chi connectivity index (χ1) is 11.0. The van der Waals surface area contributed by atoms with Gasteiger partial charge in [0.15, 0.2) is 0 Å². The van der Waals surface area contributed by atoms with Gasteiger partial charge in [-0.25, -0.2) is 0 Å². The third-order valence-electron chi connectivity index (χ3n) is 3.74. The quantitative estimate of drug-likeness (QED) is 0.797. The minimum absolute atomic E-state index is 0.0915. The zero-order chi connectivity index (χ0) is 16.4. The second-order valence-corrected chi connectivity index (χ2v) is 5.84. The number of hydrogen-bond donors (Lipinski definition) is 3. The molecule has 1 fully saturated rings. The Morgan fingerprint density at radius 2 is 1.43 bits per heavy atom. The molecule has 0 saturated carbocycles. The van der Waals surface area contributed by atoms with Crippen LogP contribution in [-0.2, 0) is 4.74 Å². The minimum Gasteiger partial charge on any atom is -0.462 e. The lowest BCUT2D eigenvalue weighted by Gasteiger charge is -2.34. The third-order valence-corrected chi connectivity index (χ3v) is 3.99. The van der Waals surface area contributed by atoms with E-state index in [4.69, 9.17) is 21.1 Å². The molecule has 1 saturated heterocycles. The fourth-order valence-electron chi connectivity index (χ4n) is 2.39. The van der Waals surface area contributed by atoms with Crippen LogP contribution in [-0.4, -0.2) is 46.5 Å². The van der Waals surface area contributed by atoms with Crippen LogP contribution in [0.1, 0.15) is 0 Å². The number of aliphatic hydroxyl groups is 3. The van der Waals surface area contributed by atoms with Crippen LogP contribution >= 0.6 is 11.6 Å². The van der Waals surface area contributed by atoms with Gasteiger partial charge in [-0.1, -0.05) is 35.9 Å². The summed E-state index contributed by atoms with van der Waals surface area (Å²) in [5.41, 5.74) is 2.02. The predicted octanol–water partition coefficient (Wildman–Crippen LogP) is 1.82. The van der Waals surface area contributed by atoms with Crippen LogP contribution in [0, 0.1) is 0 Å². The number of ether oxygens (including phenoxy) is 2. The molecule has 2 aromatic rings. The molecule has 2 aromatic carbocycles. The Bertz CT molecular complexity index is 643. The number of aliphatic hydroxyl groups excluding tert-OH is 3. The van der Waals surface area contributed by atoms with Crippen LogP contribution in [0.25, 0.3) is 11.1 Å². The molecule has 0 spiro atoms. The van der Waals surface area contributed by atoms with Gasteiger partial charge in [0.25, 0.3) is 0 Å². The number of rotatable bonds is 3. The van der Waals surface area contributed by atoms with Crippen LogP contribution in [0.4, 0.5) is 0 Å². The smallest absolute Gasteiger partial charge is 0.228 e. The Balaban J connectivity index is 1.69. The average Bonchev–Trinajstić information content (AvgIpc) is 2.57. The van der Waals surface area contributed by atoms with E-state index in [1.165, 1.54) is 0 Å². The van der Waals surface area contributed by atoms with Crippen molar-refractivity contribution in [3.05, 3.63) is 53.6 Å². The van der Waals surface area contributed by atoms with Crippen LogP contribution in [0.3, 0.4) is 0 Å². The summed E-state index contributed by atoms with van der Waals surface area (Å²) >= 11 is 5.87. The summed E-state index contributed by atoms with van der Waals surface area (Å²) in [4.78, 5) is 0. The lowest BCUT2D eigenvalue weighted by atomic mass is 10.1. The maximum atomic E-state index is 9.86. The summed E-state index contributed by atoms with van der Waals surface area (Å²) in [6.07, 6.45) is -4.73. The number of hydrogen-bond acceptors (Lipinski definition) is 5. The van der Waals surface area contributed by atoms with Crippen molar-refractivity contribution in [2.24, 2.45) is 0 Å². The van der Waals surface area contributed by atoms with Crippen molar-refractivity contribution >= 4 is 11.6 Å². The molecule has 1 aliphatic rings. The van der Waals surface area contributed by atoms with E-state index < -0.39 is 24.6 Å². The topological polar surface area (TPSA) is 79.2 Å². The molecule has 4 unspecified atom stereocenters. The van der Waals surface area contributed by atoms with Crippen LogP contribution in [0.5, 0.6) is 5.75 Å². The standard InChI is InChI=1S/C17H17ClO5/c18-12-5-1-10(2-6-12)11-3-7-13(8-4-11)23-17-16(21)15(20)14(19)9-22-17/h1-8,14-17,19-21H,9H2. The van der Waals surface area contributed by atoms with Gasteiger partial charge >= 0.3 is 0 Å². The first-order valence-electron chi connectivity index (χ1n) is 7.23. The normalized spacial score (nSPS) is 27.7. The molecule has 0 aromatic heterocycles. The highest BCUT2D eigenvalue weighted by Gasteiger charge is 2.38. The molecule has 0 aliphatic carbocycles. The van der Waals surface area contributed by atoms with E-state index in [0.717, 1.165) is 11.1 Å². The Morgan fingerprint density at radius 3 is 2.04 bits per heavy atom. The molecule has 6 heteroatoms. The van der Waals surface area contributed by atoms with Crippen LogP contribution < -0.4 is 4.74 Å². The Hall–Kier alpha value is -1.63. The Morgan fingerprint density at radius 1 is 0.870 bits per heavy atom. The minimum atomic E-state index is -1.31. The third kappa shape index (κ3) is 3.65. The van der Waals surface area contributed by atoms with Crippen molar-refractivity contribution in [3.63, 3.8) is 0 Å². The highest BCUT2D eigenvalue weighted by molar-refractivity contribution is 6.30. The van der Waals surface area contributed by atoms with Crippen molar-refractivity contribution in [2.75, 3.05) is 6.61 Å². The largest absolute Gasteiger partial charge is 0.462 e. The number of benzene rings is 2. The highest BCUT2D eigenvalue weighted by atomic mass is 35.5. The fraction of sp³-hybridized carbons (Fsp3) is 0.294. The molecule has 23 heavy (non-hydrogen) atoms. The lowest BCUT2D eigenvalue weighted by molar-refractivity contribution is -0.242. The van der Waals surface area contributed by atoms with Gasteiger partial charge in [0.1, 0.15) is 24.1 Å². The van der Waals surface area contributed by atoms with E-state index in [1.807, 2.05) is 36.4 Å². The van der Waals surface area contributed by atoms with Gasteiger partial charge < -0.3 is 24.8 Å². The average molecular weight is 337 g/mol. The molecule has 3 rings (SSSR count). The lowest BCUT2D eigenvalue weighted by Crippen LogP contribution is -2.54. The monoisotopic (exact) mass is 336 g/mol. The van der Waals surface area contributed by atoms with Gasteiger partial charge in [0.05, 0.1) is 6.61 Å². The molecule has 122 valence electrons. The predicted molar refractivity (Wildman–Crippen MR) is 85.3 cm³/mol. The van der Waals surface area contributed by atoms with Crippen LogP contribution in [0.2, 0.25) is 5.02 Å². The SMILES string of the molecule is OC1COC(Oc2ccc(-c3ccc(Cl)cc3)cc2)C(O)C1O. The van der Waals surface area contributed by atoms with E-state index in [-0.39, 0.29) is 6.61 Å². The fourth-order valence-corrected chi connectivity index (χ4v) is 2.51. The van der Waals surface area contributed by atoms with Crippen LogP contribution in [0.15, 0.2) is 48.5 Å². The Labute approximate surface area is 138 Å². The van der Waals surface area contributed by atoms with E-state index in [9.17, 15) is 15.3 Å². The Kier molecular flexibility index (Phi) is 4.84. The molecule has 1 aliphatic heterocycles. The zero-order valence-electron chi connectivity index (χ0n) is 12.2. The first-order valence-corrected chi connectivity index (χ1v) is 7.61. The molecule has 4 atom stereocenters. The van der Waals surface area contributed by atoms with Gasteiger partial charge in [-0.3, -0.25) is 0 Å². The van der Waals surface area contributed by atoms with Gasteiger partial charge in [-0.15, -0.1) is 0 Å². The summed E-state index contributed by atoms with van der Waals surface area (Å²) in [5, 5.41) is 29.6. The maximum Gasteiger partial charge on any atom is 0.228 e. The molecular formula is C17H17ClO5. The van der Waals surface area contributed by atoms with E-state index in [0.29, 0.717) is 10.8 Å². The highest BCUT2D eigenvalue weighted by Crippen LogP contribution is 2.26. The summed E-state index contributed by atoms with van der Waals surface area (Å²) < 4.78 is 10.7. The van der Waals surface area contributed by atoms with Gasteiger partial charge in [-0.05, 0) is 35.4 Å². The van der Waals surface area contributed by atoms with Gasteiger partial charge in [0, 0.05) is 5.02 Å². The molecule has 5 nitrogen and oxygen atoms in total. The molecule has 3 N–H and O–H groups in total. The van der Waals surface area contributed by atoms with Crippen molar-refractivity contribution in [1.29, 1.82) is 0 Å². The van der Waals surface area contributed by atoms with E-state index in [1.54, 1.807) is 12.1 Å². The molecule has 0 amide bonds. The zero-order valence-corrected chi connectivity index (χ0v) is 12.9. The van der Waals surface area contributed by atoms with Gasteiger partial charge in [-0.2, -0.15) is 0 Å². The van der Waals surface area contributed by atoms with E-state index >= 15 is 0 Å². The van der Waals surface area contributed by atoms with Crippen molar-refractivity contribution in [2.45, 2.75) is 24.6 Å². The van der Waals surface area contributed by atoms with Crippen molar-refractivity contribution < 1.29 is 24.8 Å². The number of halogens is 1. The molecule has 0 bridgehead atoms. The summed E-state index contributed by atoms with van der Waals surface area (Å²) in [6.45, 7) is -0.0915. The van der Waals surface area contributed by atoms with Crippen molar-refractivity contribution in [3.8, 4) is 16.9 Å².